The molecule has 0 saturated carbocycles. The summed E-state index contributed by atoms with van der Waals surface area (Å²) in [5.74, 6) is -0.850. The Morgan fingerprint density at radius 1 is 1.35 bits per heavy atom. The first kappa shape index (κ1) is 14.5. The van der Waals surface area contributed by atoms with Gasteiger partial charge in [-0.3, -0.25) is 4.79 Å². The third kappa shape index (κ3) is 6.03. The molecular formula is C13H25NO3. The van der Waals surface area contributed by atoms with Gasteiger partial charge in [-0.25, -0.2) is 0 Å². The van der Waals surface area contributed by atoms with Crippen molar-refractivity contribution in [2.75, 3.05) is 13.2 Å². The van der Waals surface area contributed by atoms with E-state index >= 15 is 0 Å². The van der Waals surface area contributed by atoms with Crippen LogP contribution in [0.2, 0.25) is 0 Å². The molecule has 0 bridgehead atoms. The molecule has 2 unspecified atom stereocenters. The highest BCUT2D eigenvalue weighted by atomic mass is 16.5. The maximum absolute atomic E-state index is 11.1. The smallest absolute Gasteiger partial charge is 0.306 e. The number of carboxylic acids is 1. The van der Waals surface area contributed by atoms with E-state index in [1.807, 2.05) is 0 Å². The Morgan fingerprint density at radius 2 is 2.12 bits per heavy atom. The van der Waals surface area contributed by atoms with Gasteiger partial charge in [0.25, 0.3) is 0 Å². The summed E-state index contributed by atoms with van der Waals surface area (Å²) in [7, 11) is 0. The van der Waals surface area contributed by atoms with Crippen LogP contribution in [0.15, 0.2) is 0 Å². The van der Waals surface area contributed by atoms with E-state index in [2.05, 4.69) is 0 Å². The number of unbranched alkanes of at least 4 members (excludes halogenated alkanes) is 1. The molecule has 0 amide bonds. The van der Waals surface area contributed by atoms with E-state index in [9.17, 15) is 4.79 Å². The third-order valence-corrected chi connectivity index (χ3v) is 3.46. The van der Waals surface area contributed by atoms with Crippen LogP contribution < -0.4 is 5.73 Å². The molecule has 1 heterocycles. The maximum atomic E-state index is 11.1. The Morgan fingerprint density at radius 3 is 2.71 bits per heavy atom. The van der Waals surface area contributed by atoms with E-state index in [0.29, 0.717) is 12.6 Å². The van der Waals surface area contributed by atoms with Crippen molar-refractivity contribution in [1.82, 2.24) is 0 Å². The molecule has 3 N–H and O–H groups in total. The van der Waals surface area contributed by atoms with Crippen molar-refractivity contribution in [3.63, 3.8) is 0 Å². The second kappa shape index (κ2) is 8.48. The van der Waals surface area contributed by atoms with Gasteiger partial charge in [0.05, 0.1) is 12.0 Å². The van der Waals surface area contributed by atoms with Crippen LogP contribution in [0, 0.1) is 5.92 Å². The second-order valence-corrected chi connectivity index (χ2v) is 4.89. The van der Waals surface area contributed by atoms with E-state index in [0.717, 1.165) is 58.0 Å². The van der Waals surface area contributed by atoms with Crippen LogP contribution >= 0.6 is 0 Å². The molecule has 1 saturated heterocycles. The summed E-state index contributed by atoms with van der Waals surface area (Å²) in [6, 6.07) is 0. The zero-order chi connectivity index (χ0) is 12.5. The fraction of sp³-hybridized carbons (Fsp3) is 0.923. The zero-order valence-corrected chi connectivity index (χ0v) is 10.6. The van der Waals surface area contributed by atoms with Crippen molar-refractivity contribution in [1.29, 1.82) is 0 Å². The zero-order valence-electron chi connectivity index (χ0n) is 10.6. The number of carboxylic acid groups (broad SMARTS) is 1. The quantitative estimate of drug-likeness (QED) is 0.609. The lowest BCUT2D eigenvalue weighted by Gasteiger charge is -2.13. The summed E-state index contributed by atoms with van der Waals surface area (Å²) in [5.41, 5.74) is 5.41. The normalized spacial score (nSPS) is 21.6. The number of hydrogen-bond donors (Lipinski definition) is 2. The van der Waals surface area contributed by atoms with Crippen molar-refractivity contribution in [3.05, 3.63) is 0 Å². The first-order valence-corrected chi connectivity index (χ1v) is 6.78. The Balaban J connectivity index is 2.12. The lowest BCUT2D eigenvalue weighted by Crippen LogP contribution is -2.15. The predicted octanol–water partition coefficient (Wildman–Crippen LogP) is 2.17. The molecule has 0 aromatic carbocycles. The summed E-state index contributed by atoms with van der Waals surface area (Å²) in [6.07, 6.45) is 8.05. The van der Waals surface area contributed by atoms with Crippen molar-refractivity contribution in [2.45, 2.75) is 57.5 Å². The highest BCUT2D eigenvalue weighted by Gasteiger charge is 2.19. The van der Waals surface area contributed by atoms with Gasteiger partial charge in [-0.15, -0.1) is 0 Å². The van der Waals surface area contributed by atoms with Gasteiger partial charge >= 0.3 is 5.97 Å². The average molecular weight is 243 g/mol. The van der Waals surface area contributed by atoms with Crippen molar-refractivity contribution in [3.8, 4) is 0 Å². The van der Waals surface area contributed by atoms with Crippen LogP contribution in [0.1, 0.15) is 51.4 Å². The standard InChI is InChI=1S/C13H25NO3/c14-9-2-1-5-11(13(15)16)6-3-7-12-8-4-10-17-12/h11-12H,1-10,14H2,(H,15,16). The monoisotopic (exact) mass is 243 g/mol. The van der Waals surface area contributed by atoms with Crippen LogP contribution in [0.3, 0.4) is 0 Å². The first-order chi connectivity index (χ1) is 8.24. The summed E-state index contributed by atoms with van der Waals surface area (Å²) >= 11 is 0. The number of rotatable bonds is 9. The summed E-state index contributed by atoms with van der Waals surface area (Å²) in [5, 5.41) is 9.10. The topological polar surface area (TPSA) is 72.5 Å². The third-order valence-electron chi connectivity index (χ3n) is 3.46. The lowest BCUT2D eigenvalue weighted by molar-refractivity contribution is -0.142. The largest absolute Gasteiger partial charge is 0.481 e. The van der Waals surface area contributed by atoms with Gasteiger partial charge in [0.15, 0.2) is 0 Å². The summed E-state index contributed by atoms with van der Waals surface area (Å²) in [4.78, 5) is 11.1. The van der Waals surface area contributed by atoms with Gasteiger partial charge < -0.3 is 15.6 Å². The van der Waals surface area contributed by atoms with Crippen molar-refractivity contribution in [2.24, 2.45) is 11.7 Å². The molecule has 2 atom stereocenters. The Bertz CT molecular complexity index is 215. The molecule has 100 valence electrons. The summed E-state index contributed by atoms with van der Waals surface area (Å²) in [6.45, 7) is 1.53. The molecule has 0 radical (unpaired) electrons. The highest BCUT2D eigenvalue weighted by Crippen LogP contribution is 2.21. The number of aliphatic carboxylic acids is 1. The minimum absolute atomic E-state index is 0.192. The van der Waals surface area contributed by atoms with Gasteiger partial charge in [0, 0.05) is 6.61 Å². The fourth-order valence-electron chi connectivity index (χ4n) is 2.39. The SMILES string of the molecule is NCCCCC(CCCC1CCCO1)C(=O)O. The lowest BCUT2D eigenvalue weighted by atomic mass is 9.95. The number of ether oxygens (including phenoxy) is 1. The molecule has 4 heteroatoms. The number of carbonyl (C=O) groups is 1. The molecule has 0 aromatic rings. The van der Waals surface area contributed by atoms with Crippen LogP contribution in [-0.4, -0.2) is 30.3 Å². The molecule has 0 aromatic heterocycles. The molecule has 1 fully saturated rings. The second-order valence-electron chi connectivity index (χ2n) is 4.89. The van der Waals surface area contributed by atoms with Crippen LogP contribution in [-0.2, 0) is 9.53 Å². The molecule has 0 aliphatic carbocycles. The minimum atomic E-state index is -0.658. The molecular weight excluding hydrogens is 218 g/mol. The van der Waals surface area contributed by atoms with Gasteiger partial charge in [-0.05, 0) is 45.1 Å². The molecule has 4 nitrogen and oxygen atoms in total. The predicted molar refractivity (Wildman–Crippen MR) is 66.9 cm³/mol. The molecule has 17 heavy (non-hydrogen) atoms. The Labute approximate surface area is 104 Å². The van der Waals surface area contributed by atoms with E-state index < -0.39 is 5.97 Å². The van der Waals surface area contributed by atoms with Gasteiger partial charge in [0.2, 0.25) is 0 Å². The molecule has 1 aliphatic rings. The van der Waals surface area contributed by atoms with Gasteiger partial charge in [-0.2, -0.15) is 0 Å². The van der Waals surface area contributed by atoms with E-state index in [1.165, 1.54) is 0 Å². The molecule has 1 aliphatic heterocycles. The van der Waals surface area contributed by atoms with E-state index in [-0.39, 0.29) is 5.92 Å². The highest BCUT2D eigenvalue weighted by molar-refractivity contribution is 5.69. The average Bonchev–Trinajstić information content (AvgIpc) is 2.80. The maximum Gasteiger partial charge on any atom is 0.306 e. The fourth-order valence-corrected chi connectivity index (χ4v) is 2.39. The van der Waals surface area contributed by atoms with E-state index in [4.69, 9.17) is 15.6 Å². The van der Waals surface area contributed by atoms with Crippen molar-refractivity contribution < 1.29 is 14.6 Å². The van der Waals surface area contributed by atoms with Crippen LogP contribution in [0.4, 0.5) is 0 Å². The van der Waals surface area contributed by atoms with Crippen LogP contribution in [0.25, 0.3) is 0 Å². The minimum Gasteiger partial charge on any atom is -0.481 e. The van der Waals surface area contributed by atoms with E-state index in [1.54, 1.807) is 0 Å². The molecule has 0 spiro atoms. The van der Waals surface area contributed by atoms with Gasteiger partial charge in [-0.1, -0.05) is 12.8 Å². The Kier molecular flexibility index (Phi) is 7.21. The number of nitrogens with two attached hydrogens (primary N) is 1. The molecule has 1 rings (SSSR count). The first-order valence-electron chi connectivity index (χ1n) is 6.78. The van der Waals surface area contributed by atoms with Gasteiger partial charge in [0.1, 0.15) is 0 Å². The summed E-state index contributed by atoms with van der Waals surface area (Å²) < 4.78 is 5.53. The Hall–Kier alpha value is -0.610. The van der Waals surface area contributed by atoms with Crippen molar-refractivity contribution >= 4 is 5.97 Å². The number of hydrogen-bond acceptors (Lipinski definition) is 3. The van der Waals surface area contributed by atoms with Crippen LogP contribution in [0.5, 0.6) is 0 Å².